The fraction of sp³-hybridized carbons (Fsp3) is 0.458. The Morgan fingerprint density at radius 2 is 1.62 bits per heavy atom. The predicted octanol–water partition coefficient (Wildman–Crippen LogP) is 3.88. The maximum Gasteiger partial charge on any atom is 0.410 e. The first-order valence-electron chi connectivity index (χ1n) is 10.4. The molecular formula is C24H33N3O2. The first-order valence-corrected chi connectivity index (χ1v) is 10.4. The summed E-state index contributed by atoms with van der Waals surface area (Å²) in [5, 5.41) is 3.63. The number of nitrogens with zero attached hydrogens (tertiary/aromatic N) is 1. The molecular weight excluding hydrogens is 362 g/mol. The van der Waals surface area contributed by atoms with Crippen LogP contribution in [0.15, 0.2) is 60.7 Å². The summed E-state index contributed by atoms with van der Waals surface area (Å²) in [6, 6.07) is 20.6. The van der Waals surface area contributed by atoms with E-state index in [-0.39, 0.29) is 12.1 Å². The van der Waals surface area contributed by atoms with Gasteiger partial charge < -0.3 is 20.7 Å². The molecule has 1 aliphatic heterocycles. The van der Waals surface area contributed by atoms with Gasteiger partial charge >= 0.3 is 6.09 Å². The van der Waals surface area contributed by atoms with E-state index >= 15 is 0 Å². The zero-order chi connectivity index (χ0) is 20.9. The van der Waals surface area contributed by atoms with E-state index in [4.69, 9.17) is 10.5 Å². The Balaban J connectivity index is 1.71. The van der Waals surface area contributed by atoms with E-state index in [9.17, 15) is 4.79 Å². The second-order valence-corrected chi connectivity index (χ2v) is 8.85. The number of carbonyl (C=O) groups is 1. The van der Waals surface area contributed by atoms with Crippen molar-refractivity contribution in [1.82, 2.24) is 10.2 Å². The summed E-state index contributed by atoms with van der Waals surface area (Å²) in [7, 11) is 0. The molecule has 0 aliphatic carbocycles. The number of carbonyl (C=O) groups excluding carboxylic acids is 1. The minimum absolute atomic E-state index is 0.187. The van der Waals surface area contributed by atoms with Crippen LogP contribution >= 0.6 is 0 Å². The lowest BCUT2D eigenvalue weighted by atomic mass is 9.83. The number of amides is 1. The fourth-order valence-corrected chi connectivity index (χ4v) is 3.78. The monoisotopic (exact) mass is 395 g/mol. The summed E-state index contributed by atoms with van der Waals surface area (Å²) in [5.41, 5.74) is 7.98. The number of ether oxygens (including phenoxy) is 1. The molecule has 0 radical (unpaired) electrons. The minimum atomic E-state index is -0.642. The largest absolute Gasteiger partial charge is 0.444 e. The van der Waals surface area contributed by atoms with E-state index in [0.717, 1.165) is 30.5 Å². The Hall–Kier alpha value is -2.37. The summed E-state index contributed by atoms with van der Waals surface area (Å²) >= 11 is 0. The molecule has 1 saturated heterocycles. The Bertz CT molecular complexity index is 747. The third-order valence-electron chi connectivity index (χ3n) is 5.32. The van der Waals surface area contributed by atoms with Gasteiger partial charge in [0.25, 0.3) is 0 Å². The lowest BCUT2D eigenvalue weighted by molar-refractivity contribution is 0.0186. The van der Waals surface area contributed by atoms with Crippen LogP contribution in [-0.4, -0.2) is 42.3 Å². The number of nitrogens with one attached hydrogen (secondary N) is 1. The highest BCUT2D eigenvalue weighted by Gasteiger charge is 2.32. The van der Waals surface area contributed by atoms with Gasteiger partial charge in [-0.25, -0.2) is 4.79 Å². The van der Waals surface area contributed by atoms with E-state index < -0.39 is 11.1 Å². The van der Waals surface area contributed by atoms with E-state index in [1.54, 1.807) is 4.90 Å². The number of likely N-dealkylation sites (tertiary alicyclic amines) is 1. The van der Waals surface area contributed by atoms with Crippen molar-refractivity contribution in [1.29, 1.82) is 0 Å². The summed E-state index contributed by atoms with van der Waals surface area (Å²) in [5.74, 6) is 0. The van der Waals surface area contributed by atoms with Crippen molar-refractivity contribution in [3.8, 4) is 0 Å². The van der Waals surface area contributed by atoms with Crippen LogP contribution in [0.25, 0.3) is 0 Å². The van der Waals surface area contributed by atoms with Crippen molar-refractivity contribution in [3.63, 3.8) is 0 Å². The normalized spacial score (nSPS) is 17.8. The maximum absolute atomic E-state index is 12.5. The van der Waals surface area contributed by atoms with Crippen molar-refractivity contribution in [2.24, 2.45) is 5.73 Å². The highest BCUT2D eigenvalue weighted by atomic mass is 16.6. The number of piperidine rings is 1. The van der Waals surface area contributed by atoms with Crippen molar-refractivity contribution in [2.75, 3.05) is 19.6 Å². The molecule has 5 heteroatoms. The summed E-state index contributed by atoms with van der Waals surface area (Å²) in [4.78, 5) is 14.3. The average Bonchev–Trinajstić information content (AvgIpc) is 2.72. The molecule has 29 heavy (non-hydrogen) atoms. The zero-order valence-corrected chi connectivity index (χ0v) is 17.7. The molecule has 0 saturated carbocycles. The molecule has 0 bridgehead atoms. The molecule has 2 aromatic rings. The van der Waals surface area contributed by atoms with E-state index in [0.29, 0.717) is 13.1 Å². The predicted molar refractivity (Wildman–Crippen MR) is 117 cm³/mol. The van der Waals surface area contributed by atoms with Crippen LogP contribution in [-0.2, 0) is 10.3 Å². The van der Waals surface area contributed by atoms with Gasteiger partial charge in [0.05, 0.1) is 5.54 Å². The van der Waals surface area contributed by atoms with Crippen LogP contribution in [0.4, 0.5) is 4.79 Å². The average molecular weight is 396 g/mol. The quantitative estimate of drug-likeness (QED) is 0.806. The Kier molecular flexibility index (Phi) is 6.60. The van der Waals surface area contributed by atoms with Gasteiger partial charge in [-0.2, -0.15) is 0 Å². The lowest BCUT2D eigenvalue weighted by Gasteiger charge is -2.37. The third kappa shape index (κ3) is 5.58. The van der Waals surface area contributed by atoms with Crippen molar-refractivity contribution >= 4 is 6.09 Å². The first-order chi connectivity index (χ1) is 13.8. The van der Waals surface area contributed by atoms with Gasteiger partial charge in [0.1, 0.15) is 5.60 Å². The molecule has 1 fully saturated rings. The van der Waals surface area contributed by atoms with Crippen molar-refractivity contribution in [2.45, 2.75) is 50.8 Å². The highest BCUT2D eigenvalue weighted by Crippen LogP contribution is 2.27. The van der Waals surface area contributed by atoms with Gasteiger partial charge in [0.2, 0.25) is 0 Å². The summed E-state index contributed by atoms with van der Waals surface area (Å²) in [6.07, 6.45) is 1.72. The Morgan fingerprint density at radius 3 is 2.14 bits per heavy atom. The Labute approximate surface area is 174 Å². The van der Waals surface area contributed by atoms with Gasteiger partial charge in [-0.15, -0.1) is 0 Å². The fourth-order valence-electron chi connectivity index (χ4n) is 3.78. The number of benzene rings is 2. The van der Waals surface area contributed by atoms with Crippen molar-refractivity contribution < 1.29 is 9.53 Å². The van der Waals surface area contributed by atoms with Crippen LogP contribution < -0.4 is 11.1 Å². The van der Waals surface area contributed by atoms with E-state index in [1.807, 2.05) is 57.2 Å². The lowest BCUT2D eigenvalue weighted by Crippen LogP contribution is -2.54. The molecule has 5 nitrogen and oxygen atoms in total. The van der Waals surface area contributed by atoms with Crippen LogP contribution in [0.5, 0.6) is 0 Å². The minimum Gasteiger partial charge on any atom is -0.444 e. The number of nitrogens with two attached hydrogens (primary N) is 1. The Morgan fingerprint density at radius 1 is 1.07 bits per heavy atom. The molecule has 2 aromatic carbocycles. The van der Waals surface area contributed by atoms with Crippen LogP contribution in [0.3, 0.4) is 0 Å². The molecule has 3 rings (SSSR count). The number of hydrogen-bond donors (Lipinski definition) is 2. The molecule has 3 N–H and O–H groups in total. The van der Waals surface area contributed by atoms with Gasteiger partial charge in [-0.3, -0.25) is 0 Å². The molecule has 1 aliphatic rings. The third-order valence-corrected chi connectivity index (χ3v) is 5.32. The first kappa shape index (κ1) is 21.3. The molecule has 1 atom stereocenters. The van der Waals surface area contributed by atoms with Gasteiger partial charge in [-0.1, -0.05) is 60.7 Å². The van der Waals surface area contributed by atoms with Gasteiger partial charge in [0.15, 0.2) is 0 Å². The molecule has 1 heterocycles. The summed E-state index contributed by atoms with van der Waals surface area (Å²) in [6.45, 7) is 7.65. The topological polar surface area (TPSA) is 67.6 Å². The molecule has 0 spiro atoms. The number of hydrogen-bond acceptors (Lipinski definition) is 4. The molecule has 1 amide bonds. The van der Waals surface area contributed by atoms with Crippen LogP contribution in [0, 0.1) is 0 Å². The van der Waals surface area contributed by atoms with Crippen LogP contribution in [0.2, 0.25) is 0 Å². The molecule has 156 valence electrons. The molecule has 0 aromatic heterocycles. The molecule has 0 unspecified atom stereocenters. The second-order valence-electron chi connectivity index (χ2n) is 8.85. The van der Waals surface area contributed by atoms with E-state index in [2.05, 4.69) is 29.6 Å². The standard InChI is InChI=1S/C24H33N3O2/c1-23(2,3)29-22(28)27-16-10-15-21(17-27)26-18-24(25,19-11-6-4-7-12-19)20-13-8-5-9-14-20/h4-9,11-14,21,26H,10,15-18,25H2,1-3H3/t21-/m0/s1. The SMILES string of the molecule is CC(C)(C)OC(=O)N1CCC[C@H](NCC(N)(c2ccccc2)c2ccccc2)C1. The number of rotatable bonds is 5. The maximum atomic E-state index is 12.5. The van der Waals surface area contributed by atoms with Gasteiger partial charge in [-0.05, 0) is 44.7 Å². The van der Waals surface area contributed by atoms with Crippen LogP contribution in [0.1, 0.15) is 44.7 Å². The van der Waals surface area contributed by atoms with Gasteiger partial charge in [0, 0.05) is 25.7 Å². The van der Waals surface area contributed by atoms with Crippen molar-refractivity contribution in [3.05, 3.63) is 71.8 Å². The summed E-state index contributed by atoms with van der Waals surface area (Å²) < 4.78 is 5.54. The second kappa shape index (κ2) is 8.97. The smallest absolute Gasteiger partial charge is 0.410 e. The van der Waals surface area contributed by atoms with E-state index in [1.165, 1.54) is 0 Å². The highest BCUT2D eigenvalue weighted by molar-refractivity contribution is 5.68. The zero-order valence-electron chi connectivity index (χ0n) is 17.7.